The molecular formula is C28H28N4O4. The first-order valence-electron chi connectivity index (χ1n) is 9.92. The second kappa shape index (κ2) is 21.7. The number of nitrogens with two attached hydrogens (primary N) is 2. The Balaban J connectivity index is 0. The number of amides is 1. The molecule has 0 aliphatic carbocycles. The second-order valence-corrected chi connectivity index (χ2v) is 5.87. The summed E-state index contributed by atoms with van der Waals surface area (Å²) in [7, 11) is 1.65. The lowest BCUT2D eigenvalue weighted by Gasteiger charge is -2.09. The third-order valence-corrected chi connectivity index (χ3v) is 3.47. The van der Waals surface area contributed by atoms with E-state index in [9.17, 15) is 9.59 Å². The van der Waals surface area contributed by atoms with Crippen molar-refractivity contribution in [3.8, 4) is 73.2 Å². The van der Waals surface area contributed by atoms with Gasteiger partial charge in [0.1, 0.15) is 24.7 Å². The molecule has 0 spiro atoms. The summed E-state index contributed by atoms with van der Waals surface area (Å²) < 4.78 is 10.8. The predicted molar refractivity (Wildman–Crippen MR) is 142 cm³/mol. The molecule has 0 aliphatic rings. The van der Waals surface area contributed by atoms with E-state index in [0.717, 1.165) is 0 Å². The Hall–Kier alpha value is -5.14. The summed E-state index contributed by atoms with van der Waals surface area (Å²) >= 11 is 0. The maximum absolute atomic E-state index is 11.8. The van der Waals surface area contributed by atoms with Gasteiger partial charge in [0.15, 0.2) is 6.29 Å². The summed E-state index contributed by atoms with van der Waals surface area (Å²) in [5.74, 6) is 22.7. The Morgan fingerprint density at radius 2 is 1.39 bits per heavy atom. The zero-order valence-corrected chi connectivity index (χ0v) is 20.1. The van der Waals surface area contributed by atoms with Gasteiger partial charge < -0.3 is 9.47 Å². The van der Waals surface area contributed by atoms with E-state index in [2.05, 4.69) is 60.1 Å². The number of benzene rings is 2. The van der Waals surface area contributed by atoms with Crippen LogP contribution >= 0.6 is 0 Å². The third kappa shape index (κ3) is 12.8. The van der Waals surface area contributed by atoms with Crippen LogP contribution < -0.4 is 32.0 Å². The van der Waals surface area contributed by atoms with Crippen LogP contribution in [0.15, 0.2) is 36.4 Å². The van der Waals surface area contributed by atoms with Gasteiger partial charge in [-0.2, -0.15) is 0 Å². The molecule has 2 aromatic rings. The van der Waals surface area contributed by atoms with Gasteiger partial charge in [0.25, 0.3) is 5.91 Å². The highest BCUT2D eigenvalue weighted by molar-refractivity contribution is 5.96. The van der Waals surface area contributed by atoms with Crippen LogP contribution in [-0.2, 0) is 0 Å². The number of ether oxygens (including phenoxy) is 2. The maximum atomic E-state index is 11.8. The van der Waals surface area contributed by atoms with Gasteiger partial charge in [0, 0.05) is 11.1 Å². The number of hydrogen-bond acceptors (Lipinski definition) is 7. The molecule has 2 aromatic carbocycles. The largest absolute Gasteiger partial charge is 0.480 e. The van der Waals surface area contributed by atoms with Gasteiger partial charge in [-0.3, -0.25) is 26.3 Å². The average molecular weight is 485 g/mol. The highest BCUT2D eigenvalue weighted by Crippen LogP contribution is 2.21. The van der Waals surface area contributed by atoms with Crippen molar-refractivity contribution < 1.29 is 19.1 Å². The molecule has 0 fully saturated rings. The van der Waals surface area contributed by atoms with E-state index in [1.165, 1.54) is 6.07 Å². The fourth-order valence-electron chi connectivity index (χ4n) is 2.20. The molecule has 0 radical (unpaired) electrons. The minimum Gasteiger partial charge on any atom is -0.480 e. The van der Waals surface area contributed by atoms with Crippen molar-refractivity contribution in [3.63, 3.8) is 0 Å². The lowest BCUT2D eigenvalue weighted by atomic mass is 10.1. The van der Waals surface area contributed by atoms with Crippen LogP contribution in [0.25, 0.3) is 0 Å². The SMILES string of the molecule is C#C.C#CC.C#CCOc1cc(C#Cc2ccc(C(=O)NN)c(OCC#C)c2)ccc1C=O.CNN. The van der Waals surface area contributed by atoms with Crippen molar-refractivity contribution in [1.29, 1.82) is 0 Å². The molecule has 8 nitrogen and oxygen atoms in total. The smallest absolute Gasteiger partial charge is 0.268 e. The lowest BCUT2D eigenvalue weighted by Crippen LogP contribution is -2.30. The number of terminal acetylenes is 4. The molecule has 0 heterocycles. The summed E-state index contributed by atoms with van der Waals surface area (Å²) in [4.78, 5) is 22.9. The van der Waals surface area contributed by atoms with Crippen LogP contribution in [0.2, 0.25) is 0 Å². The van der Waals surface area contributed by atoms with Crippen molar-refractivity contribution in [2.45, 2.75) is 6.92 Å². The molecule has 8 heteroatoms. The van der Waals surface area contributed by atoms with E-state index in [-0.39, 0.29) is 24.5 Å². The normalized spacial score (nSPS) is 7.86. The van der Waals surface area contributed by atoms with E-state index >= 15 is 0 Å². The number of nitrogen functional groups attached to an aromatic ring is 1. The minimum absolute atomic E-state index is 0.00916. The number of nitrogens with one attached hydrogen (secondary N) is 2. The van der Waals surface area contributed by atoms with Gasteiger partial charge in [0.05, 0.1) is 11.1 Å². The van der Waals surface area contributed by atoms with E-state index in [0.29, 0.717) is 28.7 Å². The van der Waals surface area contributed by atoms with Gasteiger partial charge in [-0.1, -0.05) is 23.7 Å². The monoisotopic (exact) mass is 484 g/mol. The molecule has 0 atom stereocenters. The highest BCUT2D eigenvalue weighted by Gasteiger charge is 2.12. The van der Waals surface area contributed by atoms with Crippen molar-refractivity contribution >= 4 is 12.2 Å². The van der Waals surface area contributed by atoms with Crippen LogP contribution in [0.5, 0.6) is 11.5 Å². The number of aldehydes is 1. The molecule has 0 bridgehead atoms. The topological polar surface area (TPSA) is 129 Å². The number of rotatable bonds is 6. The van der Waals surface area contributed by atoms with Crippen LogP contribution in [0.1, 0.15) is 38.8 Å². The zero-order chi connectivity index (χ0) is 27.8. The molecule has 0 aliphatic heterocycles. The molecule has 1 amide bonds. The summed E-state index contributed by atoms with van der Waals surface area (Å²) in [5.41, 5.74) is 6.12. The Bertz CT molecular complexity index is 1190. The zero-order valence-electron chi connectivity index (χ0n) is 20.1. The molecule has 0 aromatic heterocycles. The summed E-state index contributed by atoms with van der Waals surface area (Å²) in [6, 6.07) is 9.68. The molecule has 0 unspecified atom stereocenters. The number of carbonyl (C=O) groups excluding carboxylic acids is 2. The first kappa shape index (κ1) is 33.0. The Morgan fingerprint density at radius 1 is 0.944 bits per heavy atom. The average Bonchev–Trinajstić information content (AvgIpc) is 2.91. The standard InChI is InChI=1S/C22H16N2O4.C3H4.C2H2.CH6N2/c1-3-11-27-20-13-16(7-9-18(20)15-25)5-6-17-8-10-19(22(26)24-23)21(14-17)28-12-4-2;1-3-2;1-2;1-3-2/h1-2,7-10,13-15H,11-12,23H2,(H,24,26);1H,2H3;1-2H;3H,2H2,1H3. The first-order valence-corrected chi connectivity index (χ1v) is 9.92. The minimum atomic E-state index is -0.508. The molecule has 36 heavy (non-hydrogen) atoms. The van der Waals surface area contributed by atoms with Gasteiger partial charge in [-0.15, -0.1) is 38.0 Å². The molecule has 2 rings (SSSR count). The Kier molecular flexibility index (Phi) is 19.9. The fraction of sp³-hybridized carbons (Fsp3) is 0.143. The number of hydrogen-bond donors (Lipinski definition) is 4. The summed E-state index contributed by atoms with van der Waals surface area (Å²) in [6.07, 6.45) is 23.7. The fourth-order valence-corrected chi connectivity index (χ4v) is 2.20. The molecule has 6 N–H and O–H groups in total. The molecule has 0 saturated carbocycles. The summed E-state index contributed by atoms with van der Waals surface area (Å²) in [5, 5.41) is 0. The van der Waals surface area contributed by atoms with Crippen LogP contribution in [0, 0.1) is 61.7 Å². The number of carbonyl (C=O) groups is 2. The maximum Gasteiger partial charge on any atom is 0.268 e. The van der Waals surface area contributed by atoms with Crippen molar-refractivity contribution in [2.75, 3.05) is 20.3 Å². The van der Waals surface area contributed by atoms with Crippen molar-refractivity contribution in [1.82, 2.24) is 10.9 Å². The summed E-state index contributed by atoms with van der Waals surface area (Å²) in [6.45, 7) is 1.68. The van der Waals surface area contributed by atoms with Crippen LogP contribution in [0.3, 0.4) is 0 Å². The van der Waals surface area contributed by atoms with E-state index in [4.69, 9.17) is 28.2 Å². The Morgan fingerprint density at radius 3 is 1.83 bits per heavy atom. The van der Waals surface area contributed by atoms with Crippen molar-refractivity contribution in [2.24, 2.45) is 11.7 Å². The van der Waals surface area contributed by atoms with E-state index < -0.39 is 5.91 Å². The van der Waals surface area contributed by atoms with Crippen LogP contribution in [0.4, 0.5) is 0 Å². The van der Waals surface area contributed by atoms with Crippen LogP contribution in [-0.4, -0.2) is 32.5 Å². The van der Waals surface area contributed by atoms with Crippen molar-refractivity contribution in [3.05, 3.63) is 58.7 Å². The lowest BCUT2D eigenvalue weighted by molar-refractivity contribution is 0.0950. The van der Waals surface area contributed by atoms with E-state index in [1.54, 1.807) is 44.3 Å². The predicted octanol–water partition coefficient (Wildman–Crippen LogP) is 1.49. The quantitative estimate of drug-likeness (QED) is 0.161. The van der Waals surface area contributed by atoms with E-state index in [1.807, 2.05) is 5.43 Å². The van der Waals surface area contributed by atoms with Gasteiger partial charge >= 0.3 is 0 Å². The number of hydrazine groups is 2. The highest BCUT2D eigenvalue weighted by atomic mass is 16.5. The molecule has 0 saturated heterocycles. The molecular weight excluding hydrogens is 456 g/mol. The first-order chi connectivity index (χ1) is 17.4. The second-order valence-electron chi connectivity index (χ2n) is 5.87. The van der Waals surface area contributed by atoms with Gasteiger partial charge in [0.2, 0.25) is 0 Å². The third-order valence-electron chi connectivity index (χ3n) is 3.47. The molecule has 184 valence electrons. The van der Waals surface area contributed by atoms with Gasteiger partial charge in [-0.25, -0.2) is 5.84 Å². The Labute approximate surface area is 213 Å². The van der Waals surface area contributed by atoms with Gasteiger partial charge in [-0.05, 0) is 50.4 Å².